The highest BCUT2D eigenvalue weighted by atomic mass is 19.3. The molecule has 3 aromatic rings. The van der Waals surface area contributed by atoms with Crippen LogP contribution < -0.4 is 9.80 Å². The summed E-state index contributed by atoms with van der Waals surface area (Å²) >= 11 is 0. The lowest BCUT2D eigenvalue weighted by Crippen LogP contribution is -2.45. The summed E-state index contributed by atoms with van der Waals surface area (Å²) in [7, 11) is 0. The molecule has 3 aliphatic rings. The number of aromatic amines is 1. The summed E-state index contributed by atoms with van der Waals surface area (Å²) in [6.45, 7) is 2.42. The Kier molecular flexibility index (Phi) is 5.17. The number of fused-ring (bicyclic) bond motifs is 2. The van der Waals surface area contributed by atoms with Crippen molar-refractivity contribution in [3.63, 3.8) is 0 Å². The predicted molar refractivity (Wildman–Crippen MR) is 122 cm³/mol. The number of alkyl halides is 2. The van der Waals surface area contributed by atoms with E-state index >= 15 is 0 Å². The van der Waals surface area contributed by atoms with Crippen molar-refractivity contribution in [2.45, 2.75) is 44.2 Å². The number of halogens is 2. The standard InChI is InChI=1S/C23H25F2N7O/c24-19(25)21-27-17-5-1-2-7-18(17)32(21)23-29-20(15-4-3-6-16-14(15)8-9-26-16)28-22(30-23)31-10-12-33-13-11-31/h3-4,6,8-9,17-19,26H,1-2,5,7,10-13H2. The van der Waals surface area contributed by atoms with E-state index in [-0.39, 0.29) is 23.9 Å². The van der Waals surface area contributed by atoms with Crippen molar-refractivity contribution in [2.75, 3.05) is 36.1 Å². The fraction of sp³-hybridized carbons (Fsp3) is 0.478. The maximum Gasteiger partial charge on any atom is 0.295 e. The van der Waals surface area contributed by atoms with Crippen molar-refractivity contribution in [1.82, 2.24) is 19.9 Å². The van der Waals surface area contributed by atoms with Crippen molar-refractivity contribution in [3.05, 3.63) is 30.5 Å². The molecular formula is C23H25F2N7O. The van der Waals surface area contributed by atoms with E-state index in [4.69, 9.17) is 19.7 Å². The second kappa shape index (κ2) is 8.33. The second-order valence-electron chi connectivity index (χ2n) is 8.68. The van der Waals surface area contributed by atoms with E-state index in [1.54, 1.807) is 4.90 Å². The van der Waals surface area contributed by atoms with E-state index in [1.807, 2.05) is 35.4 Å². The van der Waals surface area contributed by atoms with Crippen LogP contribution in [0.15, 0.2) is 35.5 Å². The number of aromatic nitrogens is 4. The van der Waals surface area contributed by atoms with Crippen LogP contribution in [-0.4, -0.2) is 70.6 Å². The summed E-state index contributed by atoms with van der Waals surface area (Å²) in [4.78, 5) is 25.5. The molecule has 4 heterocycles. The van der Waals surface area contributed by atoms with Gasteiger partial charge in [0, 0.05) is 35.8 Å². The molecule has 172 valence electrons. The summed E-state index contributed by atoms with van der Waals surface area (Å²) in [6, 6.07) is 7.57. The number of aliphatic imine (C=N–C) groups is 1. The Labute approximate surface area is 189 Å². The molecule has 10 heteroatoms. The number of H-pyrrole nitrogens is 1. The molecule has 2 unspecified atom stereocenters. The highest BCUT2D eigenvalue weighted by Gasteiger charge is 2.43. The Morgan fingerprint density at radius 2 is 1.82 bits per heavy atom. The molecule has 33 heavy (non-hydrogen) atoms. The van der Waals surface area contributed by atoms with Gasteiger partial charge < -0.3 is 14.6 Å². The van der Waals surface area contributed by atoms with Gasteiger partial charge in [-0.3, -0.25) is 9.89 Å². The van der Waals surface area contributed by atoms with E-state index in [9.17, 15) is 8.78 Å². The summed E-state index contributed by atoms with van der Waals surface area (Å²) < 4.78 is 33.7. The molecule has 1 N–H and O–H groups in total. The molecule has 1 aromatic carbocycles. The van der Waals surface area contributed by atoms with Gasteiger partial charge in [0.1, 0.15) is 0 Å². The van der Waals surface area contributed by atoms with E-state index in [0.29, 0.717) is 38.1 Å². The molecule has 0 bridgehead atoms. The summed E-state index contributed by atoms with van der Waals surface area (Å²) in [5, 5.41) is 0.974. The molecule has 1 saturated heterocycles. The monoisotopic (exact) mass is 453 g/mol. The SMILES string of the molecule is FC(F)C1=NC2CCCCC2N1c1nc(-c2cccc3[nH]ccc23)nc(N2CCOCC2)n1. The van der Waals surface area contributed by atoms with Gasteiger partial charge in [-0.25, -0.2) is 8.78 Å². The molecule has 2 atom stereocenters. The Hall–Kier alpha value is -3.14. The van der Waals surface area contributed by atoms with Crippen LogP contribution in [0.2, 0.25) is 0 Å². The first-order valence-electron chi connectivity index (χ1n) is 11.5. The minimum absolute atomic E-state index is 0.136. The molecule has 2 aliphatic heterocycles. The third-order valence-electron chi connectivity index (χ3n) is 6.72. The molecule has 2 fully saturated rings. The number of ether oxygens (including phenoxy) is 1. The first kappa shape index (κ1) is 20.5. The first-order chi connectivity index (χ1) is 16.2. The molecule has 0 amide bonds. The molecule has 0 radical (unpaired) electrons. The van der Waals surface area contributed by atoms with Gasteiger partial charge in [0.25, 0.3) is 6.43 Å². The van der Waals surface area contributed by atoms with E-state index in [2.05, 4.69) is 9.98 Å². The van der Waals surface area contributed by atoms with Gasteiger partial charge in [-0.15, -0.1) is 0 Å². The molecule has 6 rings (SSSR count). The van der Waals surface area contributed by atoms with Crippen LogP contribution in [0.3, 0.4) is 0 Å². The fourth-order valence-electron chi connectivity index (χ4n) is 5.12. The van der Waals surface area contributed by atoms with Crippen molar-refractivity contribution in [1.29, 1.82) is 0 Å². The molecule has 2 aromatic heterocycles. The zero-order valence-electron chi connectivity index (χ0n) is 18.1. The van der Waals surface area contributed by atoms with Crippen LogP contribution in [0.5, 0.6) is 0 Å². The number of anilines is 2. The summed E-state index contributed by atoms with van der Waals surface area (Å²) in [5.74, 6) is 0.984. The van der Waals surface area contributed by atoms with Gasteiger partial charge in [-0.05, 0) is 25.0 Å². The van der Waals surface area contributed by atoms with Gasteiger partial charge in [0.15, 0.2) is 11.7 Å². The van der Waals surface area contributed by atoms with Crippen LogP contribution in [0, 0.1) is 0 Å². The van der Waals surface area contributed by atoms with Gasteiger partial charge in [-0.1, -0.05) is 25.0 Å². The number of benzene rings is 1. The number of rotatable bonds is 4. The average Bonchev–Trinajstić information content (AvgIpc) is 3.49. The Morgan fingerprint density at radius 3 is 2.67 bits per heavy atom. The smallest absolute Gasteiger partial charge is 0.295 e. The number of nitrogens with zero attached hydrogens (tertiary/aromatic N) is 6. The average molecular weight is 453 g/mol. The van der Waals surface area contributed by atoms with Crippen LogP contribution in [0.25, 0.3) is 22.3 Å². The number of nitrogens with one attached hydrogen (secondary N) is 1. The quantitative estimate of drug-likeness (QED) is 0.649. The number of morpholine rings is 1. The van der Waals surface area contributed by atoms with E-state index < -0.39 is 6.43 Å². The normalized spacial score (nSPS) is 23.3. The van der Waals surface area contributed by atoms with Crippen LogP contribution in [0.1, 0.15) is 25.7 Å². The number of amidine groups is 1. The molecule has 1 aliphatic carbocycles. The molecule has 8 nitrogen and oxygen atoms in total. The zero-order valence-corrected chi connectivity index (χ0v) is 18.1. The van der Waals surface area contributed by atoms with Gasteiger partial charge in [0.05, 0.1) is 25.3 Å². The maximum absolute atomic E-state index is 14.1. The molecule has 1 saturated carbocycles. The maximum atomic E-state index is 14.1. The topological polar surface area (TPSA) is 82.5 Å². The number of hydrogen-bond acceptors (Lipinski definition) is 7. The van der Waals surface area contributed by atoms with Gasteiger partial charge in [-0.2, -0.15) is 15.0 Å². The lowest BCUT2D eigenvalue weighted by molar-refractivity contribution is 0.122. The fourth-order valence-corrected chi connectivity index (χ4v) is 5.12. The lowest BCUT2D eigenvalue weighted by atomic mass is 9.91. The Balaban J connectivity index is 1.50. The van der Waals surface area contributed by atoms with Crippen molar-refractivity contribution >= 4 is 28.6 Å². The zero-order chi connectivity index (χ0) is 22.4. The Morgan fingerprint density at radius 1 is 1.00 bits per heavy atom. The third-order valence-corrected chi connectivity index (χ3v) is 6.72. The second-order valence-corrected chi connectivity index (χ2v) is 8.68. The number of hydrogen-bond donors (Lipinski definition) is 1. The van der Waals surface area contributed by atoms with Crippen molar-refractivity contribution < 1.29 is 13.5 Å². The summed E-state index contributed by atoms with van der Waals surface area (Å²) in [5.41, 5.74) is 1.80. The van der Waals surface area contributed by atoms with Crippen LogP contribution in [0.4, 0.5) is 20.7 Å². The van der Waals surface area contributed by atoms with Crippen molar-refractivity contribution in [3.8, 4) is 11.4 Å². The van der Waals surface area contributed by atoms with E-state index in [0.717, 1.165) is 42.1 Å². The van der Waals surface area contributed by atoms with Crippen LogP contribution in [-0.2, 0) is 4.74 Å². The highest BCUT2D eigenvalue weighted by molar-refractivity contribution is 6.01. The van der Waals surface area contributed by atoms with Gasteiger partial charge in [0.2, 0.25) is 11.9 Å². The minimum atomic E-state index is -2.68. The van der Waals surface area contributed by atoms with E-state index in [1.165, 1.54) is 0 Å². The minimum Gasteiger partial charge on any atom is -0.378 e. The largest absolute Gasteiger partial charge is 0.378 e. The van der Waals surface area contributed by atoms with Crippen LogP contribution >= 0.6 is 0 Å². The molecule has 0 spiro atoms. The lowest BCUT2D eigenvalue weighted by Gasteiger charge is -2.32. The molecular weight excluding hydrogens is 428 g/mol. The highest BCUT2D eigenvalue weighted by Crippen LogP contribution is 2.36. The first-order valence-corrected chi connectivity index (χ1v) is 11.5. The summed E-state index contributed by atoms with van der Waals surface area (Å²) in [6.07, 6.45) is 2.79. The Bertz CT molecular complexity index is 1190. The third kappa shape index (κ3) is 3.62. The van der Waals surface area contributed by atoms with Gasteiger partial charge >= 0.3 is 0 Å². The van der Waals surface area contributed by atoms with Crippen molar-refractivity contribution in [2.24, 2.45) is 4.99 Å². The predicted octanol–water partition coefficient (Wildman–Crippen LogP) is 3.65.